The lowest BCUT2D eigenvalue weighted by Crippen LogP contribution is -2.49. The van der Waals surface area contributed by atoms with E-state index in [1.165, 1.54) is 58.7 Å². The van der Waals surface area contributed by atoms with Crippen molar-refractivity contribution in [2.24, 2.45) is 5.92 Å². The maximum Gasteiger partial charge on any atom is 0.0589 e. The first kappa shape index (κ1) is 15.0. The second-order valence-corrected chi connectivity index (χ2v) is 6.85. The van der Waals surface area contributed by atoms with Crippen LogP contribution in [0.4, 0.5) is 0 Å². The molecule has 0 aromatic rings. The van der Waals surface area contributed by atoms with Crippen LogP contribution in [0.3, 0.4) is 0 Å². The van der Waals surface area contributed by atoms with Gasteiger partial charge in [0.15, 0.2) is 0 Å². The monoisotopic (exact) mass is 367 g/mol. The number of piperazine rings is 1. The summed E-state index contributed by atoms with van der Waals surface area (Å²) in [5.41, 5.74) is 0. The zero-order valence-corrected chi connectivity index (χ0v) is 13.6. The van der Waals surface area contributed by atoms with Crippen molar-refractivity contribution in [1.82, 2.24) is 12.9 Å². The quantitative estimate of drug-likeness (QED) is 0.539. The van der Waals surface area contributed by atoms with Gasteiger partial charge in [-0.3, -0.25) is 4.90 Å². The Morgan fingerprint density at radius 3 is 2.22 bits per heavy atom. The molecule has 2 heterocycles. The first-order valence-corrected chi connectivity index (χ1v) is 8.09. The van der Waals surface area contributed by atoms with E-state index in [0.717, 1.165) is 19.1 Å². The topological polar surface area (TPSA) is 19.0 Å². The van der Waals surface area contributed by atoms with Crippen LogP contribution in [0.5, 0.6) is 0 Å². The van der Waals surface area contributed by atoms with E-state index < -0.39 is 0 Å². The average molecular weight is 367 g/mol. The predicted octanol–water partition coefficient (Wildman–Crippen LogP) is 1.31. The summed E-state index contributed by atoms with van der Waals surface area (Å²) in [5.74, 6) is 0.932. The summed E-state index contributed by atoms with van der Waals surface area (Å²) < 4.78 is 7.57. The SMILES string of the molecule is COCCN1CCN(CC2CCN(I)CC2)CC1. The van der Waals surface area contributed by atoms with E-state index in [-0.39, 0.29) is 0 Å². The summed E-state index contributed by atoms with van der Waals surface area (Å²) in [6.07, 6.45) is 2.76. The summed E-state index contributed by atoms with van der Waals surface area (Å²) >= 11 is 2.45. The standard InChI is InChI=1S/C13H26IN3O/c1-18-11-10-15-6-8-16(9-7-15)12-13-2-4-17(14)5-3-13/h13H,2-12H2,1H3. The van der Waals surface area contributed by atoms with Crippen LogP contribution in [0.2, 0.25) is 0 Å². The highest BCUT2D eigenvalue weighted by atomic mass is 127. The molecule has 0 atom stereocenters. The minimum absolute atomic E-state index is 0.869. The number of piperidine rings is 1. The molecular formula is C13H26IN3O. The minimum atomic E-state index is 0.869. The van der Waals surface area contributed by atoms with Crippen molar-refractivity contribution in [3.8, 4) is 0 Å². The van der Waals surface area contributed by atoms with Crippen molar-refractivity contribution in [2.45, 2.75) is 12.8 Å². The van der Waals surface area contributed by atoms with Crippen LogP contribution in [0.15, 0.2) is 0 Å². The second-order valence-electron chi connectivity index (χ2n) is 5.49. The molecule has 0 radical (unpaired) electrons. The average Bonchev–Trinajstić information content (AvgIpc) is 2.41. The van der Waals surface area contributed by atoms with Crippen molar-refractivity contribution in [3.63, 3.8) is 0 Å². The highest BCUT2D eigenvalue weighted by Crippen LogP contribution is 2.21. The van der Waals surface area contributed by atoms with Gasteiger partial charge in [0.25, 0.3) is 0 Å². The summed E-state index contributed by atoms with van der Waals surface area (Å²) in [5, 5.41) is 0. The fraction of sp³-hybridized carbons (Fsp3) is 1.00. The summed E-state index contributed by atoms with van der Waals surface area (Å²) in [4.78, 5) is 5.18. The number of halogens is 1. The second kappa shape index (κ2) is 7.99. The van der Waals surface area contributed by atoms with E-state index in [2.05, 4.69) is 35.8 Å². The third-order valence-corrected chi connectivity index (χ3v) is 5.12. The fourth-order valence-electron chi connectivity index (χ4n) is 2.87. The number of nitrogens with zero attached hydrogens (tertiary/aromatic N) is 3. The van der Waals surface area contributed by atoms with Crippen LogP contribution in [0.1, 0.15) is 12.8 Å². The predicted molar refractivity (Wildman–Crippen MR) is 83.1 cm³/mol. The van der Waals surface area contributed by atoms with Crippen molar-refractivity contribution in [3.05, 3.63) is 0 Å². The number of methoxy groups -OCH3 is 1. The maximum atomic E-state index is 5.14. The van der Waals surface area contributed by atoms with Crippen LogP contribution in [-0.4, -0.2) is 79.0 Å². The van der Waals surface area contributed by atoms with Gasteiger partial charge in [-0.1, -0.05) is 0 Å². The van der Waals surface area contributed by atoms with Gasteiger partial charge in [-0.25, -0.2) is 3.11 Å². The molecule has 0 unspecified atom stereocenters. The summed E-state index contributed by atoms with van der Waals surface area (Å²) in [7, 11) is 1.79. The fourth-order valence-corrected chi connectivity index (χ4v) is 3.42. The normalized spacial score (nSPS) is 25.7. The van der Waals surface area contributed by atoms with Gasteiger partial charge in [-0.15, -0.1) is 0 Å². The zero-order valence-electron chi connectivity index (χ0n) is 11.5. The number of ether oxygens (including phenoxy) is 1. The first-order chi connectivity index (χ1) is 8.78. The zero-order chi connectivity index (χ0) is 12.8. The Balaban J connectivity index is 1.61. The van der Waals surface area contributed by atoms with Crippen LogP contribution < -0.4 is 0 Å². The van der Waals surface area contributed by atoms with Gasteiger partial charge < -0.3 is 9.64 Å². The van der Waals surface area contributed by atoms with Crippen molar-refractivity contribution >= 4 is 22.9 Å². The summed E-state index contributed by atoms with van der Waals surface area (Å²) in [6.45, 7) is 10.8. The Hall–Kier alpha value is 0.570. The van der Waals surface area contributed by atoms with Gasteiger partial charge in [0.1, 0.15) is 0 Å². The molecule has 2 saturated heterocycles. The van der Waals surface area contributed by atoms with Crippen LogP contribution in [-0.2, 0) is 4.74 Å². The maximum absolute atomic E-state index is 5.14. The molecule has 5 heteroatoms. The molecule has 18 heavy (non-hydrogen) atoms. The Kier molecular flexibility index (Phi) is 6.65. The number of rotatable bonds is 5. The molecule has 106 valence electrons. The Bertz CT molecular complexity index is 226. The molecule has 0 aromatic carbocycles. The van der Waals surface area contributed by atoms with Gasteiger partial charge in [-0.2, -0.15) is 0 Å². The molecular weight excluding hydrogens is 341 g/mol. The van der Waals surface area contributed by atoms with E-state index in [1.807, 2.05) is 0 Å². The van der Waals surface area contributed by atoms with E-state index in [4.69, 9.17) is 4.74 Å². The third kappa shape index (κ3) is 4.92. The highest BCUT2D eigenvalue weighted by Gasteiger charge is 2.22. The van der Waals surface area contributed by atoms with Crippen molar-refractivity contribution < 1.29 is 4.74 Å². The molecule has 0 amide bonds. The molecule has 0 saturated carbocycles. The molecule has 4 nitrogen and oxygen atoms in total. The highest BCUT2D eigenvalue weighted by molar-refractivity contribution is 14.1. The van der Waals surface area contributed by atoms with Gasteiger partial charge >= 0.3 is 0 Å². The van der Waals surface area contributed by atoms with Crippen molar-refractivity contribution in [1.29, 1.82) is 0 Å². The van der Waals surface area contributed by atoms with Gasteiger partial charge in [0.2, 0.25) is 0 Å². The molecule has 0 bridgehead atoms. The smallest absolute Gasteiger partial charge is 0.0589 e. The molecule has 2 aliphatic heterocycles. The Morgan fingerprint density at radius 2 is 1.61 bits per heavy atom. The van der Waals surface area contributed by atoms with E-state index in [1.54, 1.807) is 7.11 Å². The van der Waals surface area contributed by atoms with E-state index in [9.17, 15) is 0 Å². The molecule has 2 aliphatic rings. The lowest BCUT2D eigenvalue weighted by Gasteiger charge is -2.37. The van der Waals surface area contributed by atoms with E-state index in [0.29, 0.717) is 0 Å². The molecule has 0 spiro atoms. The largest absolute Gasteiger partial charge is 0.383 e. The number of hydrogen-bond donors (Lipinski definition) is 0. The minimum Gasteiger partial charge on any atom is -0.383 e. The van der Waals surface area contributed by atoms with Crippen LogP contribution in [0.25, 0.3) is 0 Å². The molecule has 0 aromatic heterocycles. The van der Waals surface area contributed by atoms with Gasteiger partial charge in [0, 0.05) is 82.3 Å². The molecule has 0 N–H and O–H groups in total. The molecule has 2 rings (SSSR count). The van der Waals surface area contributed by atoms with E-state index >= 15 is 0 Å². The lowest BCUT2D eigenvalue weighted by atomic mass is 9.97. The third-order valence-electron chi connectivity index (χ3n) is 4.15. The van der Waals surface area contributed by atoms with Gasteiger partial charge in [0.05, 0.1) is 6.61 Å². The number of hydrogen-bond acceptors (Lipinski definition) is 4. The lowest BCUT2D eigenvalue weighted by molar-refractivity contribution is 0.0838. The molecule has 0 aliphatic carbocycles. The Morgan fingerprint density at radius 1 is 1.00 bits per heavy atom. The Labute approximate surface area is 125 Å². The van der Waals surface area contributed by atoms with Crippen LogP contribution >= 0.6 is 22.9 Å². The van der Waals surface area contributed by atoms with Crippen molar-refractivity contribution in [2.75, 3.05) is 66.1 Å². The van der Waals surface area contributed by atoms with Gasteiger partial charge in [-0.05, 0) is 18.8 Å². The molecule has 2 fully saturated rings. The van der Waals surface area contributed by atoms with Crippen LogP contribution in [0, 0.1) is 5.92 Å². The first-order valence-electron chi connectivity index (χ1n) is 7.12. The summed E-state index contributed by atoms with van der Waals surface area (Å²) in [6, 6.07) is 0.